The number of aliphatic hydroxyl groups excluding tert-OH is 1. The van der Waals surface area contributed by atoms with Gasteiger partial charge in [-0.2, -0.15) is 0 Å². The predicted molar refractivity (Wildman–Crippen MR) is 45.1 cm³/mol. The van der Waals surface area contributed by atoms with Crippen molar-refractivity contribution < 1.29 is 13.9 Å². The first-order chi connectivity index (χ1) is 6.33. The van der Waals surface area contributed by atoms with Gasteiger partial charge in [-0.1, -0.05) is 0 Å². The van der Waals surface area contributed by atoms with Gasteiger partial charge in [0.1, 0.15) is 5.69 Å². The first-order valence-corrected chi connectivity index (χ1v) is 3.97. The summed E-state index contributed by atoms with van der Waals surface area (Å²) in [6.07, 6.45) is 2.70. The highest BCUT2D eigenvalue weighted by Crippen LogP contribution is 2.30. The monoisotopic (exact) mass is 199 g/mol. The third-order valence-corrected chi connectivity index (χ3v) is 1.95. The maximum Gasteiger partial charge on any atom is 0.204 e. The van der Waals surface area contributed by atoms with Crippen molar-refractivity contribution in [3.8, 4) is 11.3 Å². The van der Waals surface area contributed by atoms with E-state index in [2.05, 4.69) is 4.98 Å². The van der Waals surface area contributed by atoms with Gasteiger partial charge in [-0.05, 0) is 17.7 Å². The highest BCUT2D eigenvalue weighted by atomic mass is 35.5. The molecule has 2 rings (SSSR count). The molecule has 0 fully saturated rings. The Balaban J connectivity index is 2.52. The van der Waals surface area contributed by atoms with Crippen LogP contribution in [0, 0.1) is 0 Å². The minimum Gasteiger partial charge on any atom is -0.452 e. The number of aliphatic hydroxyl groups is 1. The first kappa shape index (κ1) is 8.34. The Labute approximate surface area is 78.8 Å². The molecule has 0 spiro atoms. The van der Waals surface area contributed by atoms with E-state index in [0.29, 0.717) is 17.0 Å². The Bertz CT molecular complexity index is 407. The molecule has 4 nitrogen and oxygen atoms in total. The number of aromatic nitrogens is 1. The van der Waals surface area contributed by atoms with Crippen molar-refractivity contribution in [2.45, 2.75) is 6.61 Å². The fourth-order valence-electron chi connectivity index (χ4n) is 1.06. The highest BCUT2D eigenvalue weighted by Gasteiger charge is 2.14. The molecule has 0 unspecified atom stereocenters. The van der Waals surface area contributed by atoms with E-state index in [0.717, 1.165) is 0 Å². The van der Waals surface area contributed by atoms with Gasteiger partial charge in [0.25, 0.3) is 0 Å². The second kappa shape index (κ2) is 3.24. The van der Waals surface area contributed by atoms with Gasteiger partial charge in [-0.15, -0.1) is 0 Å². The molecule has 0 aliphatic rings. The SMILES string of the molecule is OCc1ncoc1-c1ccoc1Cl. The van der Waals surface area contributed by atoms with Gasteiger partial charge in [-0.3, -0.25) is 0 Å². The average molecular weight is 200 g/mol. The molecule has 0 aromatic carbocycles. The van der Waals surface area contributed by atoms with E-state index in [9.17, 15) is 0 Å². The molecule has 0 saturated heterocycles. The standard InChI is InChI=1S/C8H6ClNO3/c9-8-5(1-2-12-8)7-6(3-11)10-4-13-7/h1-2,4,11H,3H2. The summed E-state index contributed by atoms with van der Waals surface area (Å²) in [6.45, 7) is -0.187. The summed E-state index contributed by atoms with van der Waals surface area (Å²) in [5, 5.41) is 9.13. The van der Waals surface area contributed by atoms with Crippen molar-refractivity contribution >= 4 is 11.6 Å². The van der Waals surface area contributed by atoms with Crippen LogP contribution >= 0.6 is 11.6 Å². The molecule has 0 bridgehead atoms. The summed E-state index contributed by atoms with van der Waals surface area (Å²) in [6, 6.07) is 1.65. The van der Waals surface area contributed by atoms with Gasteiger partial charge in [0.05, 0.1) is 18.4 Å². The molecule has 2 heterocycles. The lowest BCUT2D eigenvalue weighted by Crippen LogP contribution is -1.85. The number of hydrogen-bond donors (Lipinski definition) is 1. The molecular weight excluding hydrogens is 194 g/mol. The molecule has 0 saturated carbocycles. The predicted octanol–water partition coefficient (Wildman–Crippen LogP) is 2.08. The summed E-state index contributed by atoms with van der Waals surface area (Å²) in [5.74, 6) is 0.446. The number of hydrogen-bond acceptors (Lipinski definition) is 4. The molecule has 0 atom stereocenters. The van der Waals surface area contributed by atoms with Crippen molar-refractivity contribution in [3.05, 3.63) is 29.6 Å². The van der Waals surface area contributed by atoms with Crippen LogP contribution in [-0.2, 0) is 6.61 Å². The molecule has 0 amide bonds. The summed E-state index contributed by atoms with van der Waals surface area (Å²) in [5.41, 5.74) is 1.05. The van der Waals surface area contributed by atoms with Crippen LogP contribution in [0.2, 0.25) is 5.22 Å². The Morgan fingerprint density at radius 1 is 1.46 bits per heavy atom. The molecule has 0 aliphatic carbocycles. The van der Waals surface area contributed by atoms with E-state index in [1.165, 1.54) is 12.7 Å². The fourth-order valence-corrected chi connectivity index (χ4v) is 1.26. The topological polar surface area (TPSA) is 59.4 Å². The normalized spacial score (nSPS) is 10.6. The number of furan rings is 1. The van der Waals surface area contributed by atoms with Gasteiger partial charge >= 0.3 is 0 Å². The molecule has 13 heavy (non-hydrogen) atoms. The summed E-state index contributed by atoms with van der Waals surface area (Å²) >= 11 is 5.72. The molecule has 2 aromatic heterocycles. The summed E-state index contributed by atoms with van der Waals surface area (Å²) in [4.78, 5) is 3.81. The number of rotatable bonds is 2. The van der Waals surface area contributed by atoms with E-state index < -0.39 is 0 Å². The lowest BCUT2D eigenvalue weighted by atomic mass is 10.2. The van der Waals surface area contributed by atoms with Crippen LogP contribution in [0.25, 0.3) is 11.3 Å². The molecule has 0 radical (unpaired) electrons. The van der Waals surface area contributed by atoms with Crippen LogP contribution in [0.1, 0.15) is 5.69 Å². The molecule has 5 heteroatoms. The van der Waals surface area contributed by atoms with E-state index in [1.807, 2.05) is 0 Å². The van der Waals surface area contributed by atoms with Crippen LogP contribution in [0.15, 0.2) is 27.6 Å². The molecule has 1 N–H and O–H groups in total. The minimum atomic E-state index is -0.187. The van der Waals surface area contributed by atoms with Crippen molar-refractivity contribution in [2.75, 3.05) is 0 Å². The lowest BCUT2D eigenvalue weighted by molar-refractivity contribution is 0.277. The summed E-state index contributed by atoms with van der Waals surface area (Å²) < 4.78 is 9.95. The van der Waals surface area contributed by atoms with E-state index in [-0.39, 0.29) is 11.8 Å². The average Bonchev–Trinajstić information content (AvgIpc) is 2.71. The first-order valence-electron chi connectivity index (χ1n) is 3.59. The smallest absolute Gasteiger partial charge is 0.204 e. The van der Waals surface area contributed by atoms with Crippen molar-refractivity contribution in [3.63, 3.8) is 0 Å². The number of oxazole rings is 1. The highest BCUT2D eigenvalue weighted by molar-refractivity contribution is 6.31. The zero-order chi connectivity index (χ0) is 9.26. The maximum atomic E-state index is 8.90. The second-order valence-corrected chi connectivity index (χ2v) is 2.74. The quantitative estimate of drug-likeness (QED) is 0.805. The van der Waals surface area contributed by atoms with Gasteiger partial charge in [0.15, 0.2) is 12.2 Å². The fraction of sp³-hybridized carbons (Fsp3) is 0.125. The van der Waals surface area contributed by atoms with Crippen LogP contribution in [-0.4, -0.2) is 10.1 Å². The molecule has 0 aliphatic heterocycles. The lowest BCUT2D eigenvalue weighted by Gasteiger charge is -1.93. The van der Waals surface area contributed by atoms with Gasteiger partial charge < -0.3 is 13.9 Å². The van der Waals surface area contributed by atoms with Crippen molar-refractivity contribution in [1.29, 1.82) is 0 Å². The zero-order valence-electron chi connectivity index (χ0n) is 6.53. The Hall–Kier alpha value is -1.26. The van der Waals surface area contributed by atoms with Crippen LogP contribution in [0.3, 0.4) is 0 Å². The third-order valence-electron chi connectivity index (χ3n) is 1.65. The Kier molecular flexibility index (Phi) is 2.08. The van der Waals surface area contributed by atoms with Gasteiger partial charge in [0, 0.05) is 0 Å². The largest absolute Gasteiger partial charge is 0.452 e. The Morgan fingerprint density at radius 3 is 2.92 bits per heavy atom. The van der Waals surface area contributed by atoms with Crippen molar-refractivity contribution in [1.82, 2.24) is 4.98 Å². The van der Waals surface area contributed by atoms with Gasteiger partial charge in [0.2, 0.25) is 5.22 Å². The van der Waals surface area contributed by atoms with Crippen LogP contribution in [0.5, 0.6) is 0 Å². The van der Waals surface area contributed by atoms with E-state index in [4.69, 9.17) is 25.5 Å². The van der Waals surface area contributed by atoms with Crippen LogP contribution < -0.4 is 0 Å². The number of nitrogens with zero attached hydrogens (tertiary/aromatic N) is 1. The molecular formula is C8H6ClNO3. The zero-order valence-corrected chi connectivity index (χ0v) is 7.28. The Morgan fingerprint density at radius 2 is 2.31 bits per heavy atom. The van der Waals surface area contributed by atoms with Gasteiger partial charge in [-0.25, -0.2) is 4.98 Å². The van der Waals surface area contributed by atoms with E-state index >= 15 is 0 Å². The summed E-state index contributed by atoms with van der Waals surface area (Å²) in [7, 11) is 0. The number of halogens is 1. The second-order valence-electron chi connectivity index (χ2n) is 2.39. The third kappa shape index (κ3) is 1.34. The van der Waals surface area contributed by atoms with Crippen molar-refractivity contribution in [2.24, 2.45) is 0 Å². The van der Waals surface area contributed by atoms with Crippen LogP contribution in [0.4, 0.5) is 0 Å². The van der Waals surface area contributed by atoms with E-state index in [1.54, 1.807) is 6.07 Å². The molecule has 68 valence electrons. The maximum absolute atomic E-state index is 8.90. The minimum absolute atomic E-state index is 0.187. The molecule has 2 aromatic rings.